The van der Waals surface area contributed by atoms with E-state index in [0.717, 1.165) is 12.0 Å². The Morgan fingerprint density at radius 2 is 1.80 bits per heavy atom. The van der Waals surface area contributed by atoms with Gasteiger partial charge >= 0.3 is 5.97 Å². The summed E-state index contributed by atoms with van der Waals surface area (Å²) < 4.78 is 0. The van der Waals surface area contributed by atoms with E-state index >= 15 is 0 Å². The lowest BCUT2D eigenvalue weighted by Crippen LogP contribution is -2.36. The highest BCUT2D eigenvalue weighted by molar-refractivity contribution is 5.81. The summed E-state index contributed by atoms with van der Waals surface area (Å²) in [7, 11) is 0. The number of carbonyl (C=O) groups is 2. The fourth-order valence-corrected chi connectivity index (χ4v) is 2.42. The van der Waals surface area contributed by atoms with Crippen molar-refractivity contribution in [3.05, 3.63) is 47.5 Å². The second-order valence-electron chi connectivity index (χ2n) is 5.01. The molecule has 1 aromatic rings. The van der Waals surface area contributed by atoms with Crippen LogP contribution in [0.5, 0.6) is 0 Å². The van der Waals surface area contributed by atoms with Crippen molar-refractivity contribution < 1.29 is 14.7 Å². The van der Waals surface area contributed by atoms with Crippen LogP contribution >= 0.6 is 0 Å². The molecule has 0 aliphatic carbocycles. The molecular formula is C16H19NO3. The van der Waals surface area contributed by atoms with E-state index in [4.69, 9.17) is 5.11 Å². The number of aryl methyl sites for hydroxylation is 1. The molecule has 4 heteroatoms. The molecule has 1 saturated heterocycles. The summed E-state index contributed by atoms with van der Waals surface area (Å²) in [6.45, 7) is 1.26. The summed E-state index contributed by atoms with van der Waals surface area (Å²) in [5.74, 6) is -0.743. The molecule has 0 unspecified atom stereocenters. The summed E-state index contributed by atoms with van der Waals surface area (Å²) in [5.41, 5.74) is 2.09. The molecule has 2 rings (SSSR count). The third-order valence-electron chi connectivity index (χ3n) is 3.56. The molecule has 1 fully saturated rings. The number of piperidine rings is 1. The molecule has 0 aromatic heterocycles. The molecule has 1 aliphatic rings. The molecule has 0 bridgehead atoms. The maximum Gasteiger partial charge on any atom is 0.328 e. The summed E-state index contributed by atoms with van der Waals surface area (Å²) in [6.07, 6.45) is 3.88. The van der Waals surface area contributed by atoms with Gasteiger partial charge in [0.15, 0.2) is 0 Å². The van der Waals surface area contributed by atoms with Gasteiger partial charge in [0, 0.05) is 25.6 Å². The number of aliphatic carboxylic acids is 1. The van der Waals surface area contributed by atoms with Gasteiger partial charge in [-0.05, 0) is 24.8 Å². The third kappa shape index (κ3) is 4.23. The van der Waals surface area contributed by atoms with E-state index in [-0.39, 0.29) is 5.91 Å². The number of likely N-dealkylation sites (tertiary alicyclic amines) is 1. The Kier molecular flexibility index (Phi) is 4.93. The Bertz CT molecular complexity index is 498. The van der Waals surface area contributed by atoms with E-state index in [0.29, 0.717) is 32.4 Å². The maximum atomic E-state index is 12.1. The van der Waals surface area contributed by atoms with Gasteiger partial charge in [-0.25, -0.2) is 4.79 Å². The highest BCUT2D eigenvalue weighted by Gasteiger charge is 2.19. The monoisotopic (exact) mass is 273 g/mol. The number of carboxylic acid groups (broad SMARTS) is 1. The van der Waals surface area contributed by atoms with Crippen LogP contribution in [0.1, 0.15) is 24.8 Å². The predicted octanol–water partition coefficient (Wildman–Crippen LogP) is 2.25. The molecule has 20 heavy (non-hydrogen) atoms. The normalized spacial score (nSPS) is 15.0. The topological polar surface area (TPSA) is 57.6 Å². The van der Waals surface area contributed by atoms with Crippen LogP contribution in [0.25, 0.3) is 0 Å². The number of amides is 1. The van der Waals surface area contributed by atoms with E-state index in [1.807, 2.05) is 35.2 Å². The third-order valence-corrected chi connectivity index (χ3v) is 3.56. The molecule has 1 heterocycles. The van der Waals surface area contributed by atoms with Gasteiger partial charge < -0.3 is 10.0 Å². The van der Waals surface area contributed by atoms with Crippen LogP contribution in [-0.2, 0) is 16.0 Å². The number of benzene rings is 1. The average Bonchev–Trinajstić information content (AvgIpc) is 2.46. The quantitative estimate of drug-likeness (QED) is 0.856. The van der Waals surface area contributed by atoms with Gasteiger partial charge in [0.25, 0.3) is 0 Å². The van der Waals surface area contributed by atoms with Gasteiger partial charge in [0.1, 0.15) is 0 Å². The van der Waals surface area contributed by atoms with Crippen molar-refractivity contribution in [2.45, 2.75) is 25.7 Å². The van der Waals surface area contributed by atoms with E-state index < -0.39 is 5.97 Å². The van der Waals surface area contributed by atoms with Gasteiger partial charge in [0.2, 0.25) is 5.91 Å². The van der Waals surface area contributed by atoms with Gasteiger partial charge in [-0.3, -0.25) is 4.79 Å². The Morgan fingerprint density at radius 1 is 1.15 bits per heavy atom. The summed E-state index contributed by atoms with van der Waals surface area (Å²) in [4.78, 5) is 24.5. The number of carbonyl (C=O) groups excluding carboxylic acids is 1. The molecular weight excluding hydrogens is 254 g/mol. The molecule has 1 amide bonds. The molecule has 0 spiro atoms. The molecule has 1 N–H and O–H groups in total. The van der Waals surface area contributed by atoms with E-state index in [1.54, 1.807) is 0 Å². The molecule has 0 radical (unpaired) electrons. The van der Waals surface area contributed by atoms with Gasteiger partial charge in [-0.1, -0.05) is 35.9 Å². The molecule has 106 valence electrons. The van der Waals surface area contributed by atoms with Gasteiger partial charge in [-0.15, -0.1) is 0 Å². The summed E-state index contributed by atoms with van der Waals surface area (Å²) in [5, 5.41) is 8.69. The first-order valence-electron chi connectivity index (χ1n) is 6.89. The number of rotatable bonds is 4. The first-order chi connectivity index (χ1) is 9.65. The number of nitrogens with zero attached hydrogens (tertiary/aromatic N) is 1. The molecule has 1 aliphatic heterocycles. The van der Waals surface area contributed by atoms with Gasteiger partial charge in [0.05, 0.1) is 0 Å². The predicted molar refractivity (Wildman–Crippen MR) is 76.3 cm³/mol. The highest BCUT2D eigenvalue weighted by Crippen LogP contribution is 2.17. The lowest BCUT2D eigenvalue weighted by atomic mass is 10.0. The van der Waals surface area contributed by atoms with Crippen LogP contribution in [0.15, 0.2) is 42.0 Å². The van der Waals surface area contributed by atoms with Crippen LogP contribution < -0.4 is 0 Å². The molecule has 0 atom stereocenters. The van der Waals surface area contributed by atoms with Crippen molar-refractivity contribution >= 4 is 11.9 Å². The largest absolute Gasteiger partial charge is 0.478 e. The van der Waals surface area contributed by atoms with Crippen molar-refractivity contribution in [3.8, 4) is 0 Å². The highest BCUT2D eigenvalue weighted by atomic mass is 16.4. The fourth-order valence-electron chi connectivity index (χ4n) is 2.42. The number of hydrogen-bond donors (Lipinski definition) is 1. The smallest absolute Gasteiger partial charge is 0.328 e. The minimum absolute atomic E-state index is 0.156. The number of hydrogen-bond acceptors (Lipinski definition) is 2. The SMILES string of the molecule is O=C(O)C=C1CCN(C(=O)CCc2ccccc2)CC1. The van der Waals surface area contributed by atoms with Crippen molar-refractivity contribution in [1.29, 1.82) is 0 Å². The summed E-state index contributed by atoms with van der Waals surface area (Å²) >= 11 is 0. The first kappa shape index (κ1) is 14.3. The molecule has 0 saturated carbocycles. The van der Waals surface area contributed by atoms with E-state index in [1.165, 1.54) is 11.6 Å². The minimum Gasteiger partial charge on any atom is -0.478 e. The Balaban J connectivity index is 1.79. The second-order valence-corrected chi connectivity index (χ2v) is 5.01. The van der Waals surface area contributed by atoms with Crippen LogP contribution in [-0.4, -0.2) is 35.0 Å². The lowest BCUT2D eigenvalue weighted by Gasteiger charge is -2.28. The van der Waals surface area contributed by atoms with Crippen LogP contribution in [0.2, 0.25) is 0 Å². The maximum absolute atomic E-state index is 12.1. The van der Waals surface area contributed by atoms with Crippen molar-refractivity contribution in [3.63, 3.8) is 0 Å². The molecule has 4 nitrogen and oxygen atoms in total. The van der Waals surface area contributed by atoms with Crippen LogP contribution in [0.4, 0.5) is 0 Å². The van der Waals surface area contributed by atoms with Crippen LogP contribution in [0, 0.1) is 0 Å². The standard InChI is InChI=1S/C16H19NO3/c18-15(7-6-13-4-2-1-3-5-13)17-10-8-14(9-11-17)12-16(19)20/h1-5,12H,6-11H2,(H,19,20). The second kappa shape index (κ2) is 6.89. The zero-order chi connectivity index (χ0) is 14.4. The van der Waals surface area contributed by atoms with Gasteiger partial charge in [-0.2, -0.15) is 0 Å². The number of carboxylic acids is 1. The Hall–Kier alpha value is -2.10. The minimum atomic E-state index is -0.899. The first-order valence-corrected chi connectivity index (χ1v) is 6.89. The van der Waals surface area contributed by atoms with Crippen molar-refractivity contribution in [1.82, 2.24) is 4.90 Å². The fraction of sp³-hybridized carbons (Fsp3) is 0.375. The lowest BCUT2D eigenvalue weighted by molar-refractivity contribution is -0.131. The Labute approximate surface area is 118 Å². The van der Waals surface area contributed by atoms with Crippen LogP contribution in [0.3, 0.4) is 0 Å². The zero-order valence-corrected chi connectivity index (χ0v) is 11.4. The zero-order valence-electron chi connectivity index (χ0n) is 11.4. The van der Waals surface area contributed by atoms with Crippen molar-refractivity contribution in [2.75, 3.05) is 13.1 Å². The van der Waals surface area contributed by atoms with Crippen molar-refractivity contribution in [2.24, 2.45) is 0 Å². The Morgan fingerprint density at radius 3 is 2.40 bits per heavy atom. The molecule has 1 aromatic carbocycles. The van der Waals surface area contributed by atoms with E-state index in [9.17, 15) is 9.59 Å². The average molecular weight is 273 g/mol. The van der Waals surface area contributed by atoms with E-state index in [2.05, 4.69) is 0 Å². The summed E-state index contributed by atoms with van der Waals surface area (Å²) in [6, 6.07) is 9.97.